The van der Waals surface area contributed by atoms with Crippen LogP contribution in [-0.4, -0.2) is 40.4 Å². The van der Waals surface area contributed by atoms with E-state index in [9.17, 15) is 14.4 Å². The molecular formula is C18H20N4O4. The van der Waals surface area contributed by atoms with Gasteiger partial charge in [0.25, 0.3) is 5.91 Å². The van der Waals surface area contributed by atoms with E-state index >= 15 is 0 Å². The number of benzene rings is 1. The molecule has 136 valence electrons. The monoisotopic (exact) mass is 356 g/mol. The van der Waals surface area contributed by atoms with Crippen LogP contribution in [0.3, 0.4) is 0 Å². The Hall–Kier alpha value is -3.29. The average molecular weight is 356 g/mol. The average Bonchev–Trinajstić information content (AvgIpc) is 2.63. The first-order valence-corrected chi connectivity index (χ1v) is 8.15. The highest BCUT2D eigenvalue weighted by Gasteiger charge is 2.15. The predicted molar refractivity (Wildman–Crippen MR) is 95.0 cm³/mol. The SMILES string of the molecule is CCOC(=O)C=C[C@H](CCC(N)=O)NC(=O)c1cnc2ccccc2n1. The number of rotatable bonds is 8. The summed E-state index contributed by atoms with van der Waals surface area (Å²) in [5.41, 5.74) is 6.57. The molecule has 2 aromatic rings. The van der Waals surface area contributed by atoms with Crippen LogP contribution in [0.25, 0.3) is 11.0 Å². The fourth-order valence-corrected chi connectivity index (χ4v) is 2.21. The van der Waals surface area contributed by atoms with Crippen molar-refractivity contribution < 1.29 is 19.1 Å². The molecule has 0 saturated carbocycles. The number of carbonyl (C=O) groups is 3. The molecule has 0 fully saturated rings. The Morgan fingerprint density at radius 3 is 2.69 bits per heavy atom. The zero-order valence-corrected chi connectivity index (χ0v) is 14.3. The van der Waals surface area contributed by atoms with E-state index in [1.807, 2.05) is 6.07 Å². The van der Waals surface area contributed by atoms with E-state index in [-0.39, 0.29) is 25.1 Å². The van der Waals surface area contributed by atoms with E-state index in [4.69, 9.17) is 10.5 Å². The lowest BCUT2D eigenvalue weighted by molar-refractivity contribution is -0.137. The van der Waals surface area contributed by atoms with Gasteiger partial charge >= 0.3 is 5.97 Å². The molecule has 8 heteroatoms. The summed E-state index contributed by atoms with van der Waals surface area (Å²) in [5.74, 6) is -1.50. The van der Waals surface area contributed by atoms with Gasteiger partial charge in [-0.15, -0.1) is 0 Å². The van der Waals surface area contributed by atoms with E-state index in [1.54, 1.807) is 25.1 Å². The summed E-state index contributed by atoms with van der Waals surface area (Å²) in [6.07, 6.45) is 4.35. The fraction of sp³-hybridized carbons (Fsp3) is 0.278. The molecule has 2 amide bonds. The maximum absolute atomic E-state index is 12.4. The van der Waals surface area contributed by atoms with Gasteiger partial charge in [-0.05, 0) is 25.5 Å². The van der Waals surface area contributed by atoms with E-state index in [0.29, 0.717) is 11.0 Å². The third kappa shape index (κ3) is 5.66. The lowest BCUT2D eigenvalue weighted by atomic mass is 10.1. The number of esters is 1. The second-order valence-corrected chi connectivity index (χ2v) is 5.44. The molecule has 3 N–H and O–H groups in total. The summed E-state index contributed by atoms with van der Waals surface area (Å²) in [6.45, 7) is 1.94. The van der Waals surface area contributed by atoms with Crippen LogP contribution >= 0.6 is 0 Å². The molecule has 0 radical (unpaired) electrons. The minimum absolute atomic E-state index is 0.0571. The van der Waals surface area contributed by atoms with Crippen molar-refractivity contribution in [3.8, 4) is 0 Å². The van der Waals surface area contributed by atoms with Gasteiger partial charge < -0.3 is 15.8 Å². The quantitative estimate of drug-likeness (QED) is 0.539. The highest BCUT2D eigenvalue weighted by molar-refractivity contribution is 5.94. The number of fused-ring (bicyclic) bond motifs is 1. The lowest BCUT2D eigenvalue weighted by Gasteiger charge is -2.14. The van der Waals surface area contributed by atoms with Crippen LogP contribution in [0.4, 0.5) is 0 Å². The predicted octanol–water partition coefficient (Wildman–Crippen LogP) is 1.11. The van der Waals surface area contributed by atoms with Crippen LogP contribution in [0.5, 0.6) is 0 Å². The van der Waals surface area contributed by atoms with Gasteiger partial charge in [0.15, 0.2) is 0 Å². The number of nitrogens with one attached hydrogen (secondary N) is 1. The molecule has 26 heavy (non-hydrogen) atoms. The minimum atomic E-state index is -0.576. The molecular weight excluding hydrogens is 336 g/mol. The van der Waals surface area contributed by atoms with Crippen molar-refractivity contribution >= 4 is 28.8 Å². The third-order valence-electron chi connectivity index (χ3n) is 3.45. The van der Waals surface area contributed by atoms with E-state index in [0.717, 1.165) is 0 Å². The zero-order valence-electron chi connectivity index (χ0n) is 14.3. The Bertz CT molecular complexity index is 835. The van der Waals surface area contributed by atoms with E-state index in [1.165, 1.54) is 18.3 Å². The van der Waals surface area contributed by atoms with Crippen molar-refractivity contribution in [1.29, 1.82) is 0 Å². The van der Waals surface area contributed by atoms with Crippen LogP contribution < -0.4 is 11.1 Å². The number of amides is 2. The Morgan fingerprint density at radius 1 is 1.27 bits per heavy atom. The largest absolute Gasteiger partial charge is 0.463 e. The number of primary amides is 1. The van der Waals surface area contributed by atoms with Crippen molar-refractivity contribution in [2.24, 2.45) is 5.73 Å². The van der Waals surface area contributed by atoms with Crippen LogP contribution in [0.1, 0.15) is 30.3 Å². The number of hydrogen-bond donors (Lipinski definition) is 2. The second-order valence-electron chi connectivity index (χ2n) is 5.44. The molecule has 0 aliphatic rings. The topological polar surface area (TPSA) is 124 Å². The van der Waals surface area contributed by atoms with Crippen molar-refractivity contribution in [3.05, 3.63) is 48.3 Å². The molecule has 0 aliphatic heterocycles. The molecule has 1 atom stereocenters. The maximum Gasteiger partial charge on any atom is 0.330 e. The lowest BCUT2D eigenvalue weighted by Crippen LogP contribution is -2.35. The summed E-state index contributed by atoms with van der Waals surface area (Å²) in [4.78, 5) is 43.4. The van der Waals surface area contributed by atoms with Gasteiger partial charge in [0, 0.05) is 18.5 Å². The molecule has 2 rings (SSSR count). The van der Waals surface area contributed by atoms with Crippen LogP contribution in [0.15, 0.2) is 42.6 Å². The number of aromatic nitrogens is 2. The van der Waals surface area contributed by atoms with Crippen LogP contribution in [-0.2, 0) is 14.3 Å². The Kier molecular flexibility index (Phi) is 6.78. The second kappa shape index (κ2) is 9.26. The molecule has 1 aromatic carbocycles. The maximum atomic E-state index is 12.4. The van der Waals surface area contributed by atoms with Gasteiger partial charge in [0.05, 0.1) is 23.8 Å². The molecule has 0 bridgehead atoms. The standard InChI is InChI=1S/C18H20N4O4/c1-2-26-17(24)10-8-12(7-9-16(19)23)21-18(25)15-11-20-13-5-3-4-6-14(13)22-15/h3-6,8,10-12H,2,7,9H2,1H3,(H2,19,23)(H,21,25)/t12-/m0/s1. The summed E-state index contributed by atoms with van der Waals surface area (Å²) in [5, 5.41) is 2.71. The van der Waals surface area contributed by atoms with Gasteiger partial charge in [0.1, 0.15) is 5.69 Å². The van der Waals surface area contributed by atoms with Crippen molar-refractivity contribution in [2.45, 2.75) is 25.8 Å². The summed E-state index contributed by atoms with van der Waals surface area (Å²) in [7, 11) is 0. The Labute approximate surface area is 150 Å². The number of para-hydroxylation sites is 2. The number of hydrogen-bond acceptors (Lipinski definition) is 6. The smallest absolute Gasteiger partial charge is 0.330 e. The number of nitrogens with two attached hydrogens (primary N) is 1. The number of carbonyl (C=O) groups excluding carboxylic acids is 3. The van der Waals surface area contributed by atoms with Gasteiger partial charge in [0.2, 0.25) is 5.91 Å². The fourth-order valence-electron chi connectivity index (χ4n) is 2.21. The normalized spacial score (nSPS) is 12.0. The number of nitrogens with zero attached hydrogens (tertiary/aromatic N) is 2. The first-order chi connectivity index (χ1) is 12.5. The molecule has 0 saturated heterocycles. The minimum Gasteiger partial charge on any atom is -0.463 e. The summed E-state index contributed by atoms with van der Waals surface area (Å²) < 4.78 is 4.80. The molecule has 1 aromatic heterocycles. The summed E-state index contributed by atoms with van der Waals surface area (Å²) in [6, 6.07) is 6.60. The van der Waals surface area contributed by atoms with Gasteiger partial charge in [-0.1, -0.05) is 18.2 Å². The Balaban J connectivity index is 2.12. The van der Waals surface area contributed by atoms with Gasteiger partial charge in [-0.3, -0.25) is 14.6 Å². The van der Waals surface area contributed by atoms with Gasteiger partial charge in [-0.2, -0.15) is 0 Å². The van der Waals surface area contributed by atoms with Crippen molar-refractivity contribution in [2.75, 3.05) is 6.61 Å². The number of ether oxygens (including phenoxy) is 1. The zero-order chi connectivity index (χ0) is 18.9. The molecule has 8 nitrogen and oxygen atoms in total. The third-order valence-corrected chi connectivity index (χ3v) is 3.45. The van der Waals surface area contributed by atoms with Gasteiger partial charge in [-0.25, -0.2) is 9.78 Å². The first-order valence-electron chi connectivity index (χ1n) is 8.15. The Morgan fingerprint density at radius 2 is 2.00 bits per heavy atom. The molecule has 0 unspecified atom stereocenters. The van der Waals surface area contributed by atoms with E-state index in [2.05, 4.69) is 15.3 Å². The highest BCUT2D eigenvalue weighted by atomic mass is 16.5. The van der Waals surface area contributed by atoms with Crippen LogP contribution in [0, 0.1) is 0 Å². The highest BCUT2D eigenvalue weighted by Crippen LogP contribution is 2.09. The summed E-state index contributed by atoms with van der Waals surface area (Å²) >= 11 is 0. The molecule has 1 heterocycles. The first kappa shape index (κ1) is 19.0. The van der Waals surface area contributed by atoms with E-state index < -0.39 is 23.8 Å². The van der Waals surface area contributed by atoms with Crippen molar-refractivity contribution in [3.63, 3.8) is 0 Å². The van der Waals surface area contributed by atoms with Crippen molar-refractivity contribution in [1.82, 2.24) is 15.3 Å². The molecule has 0 spiro atoms. The molecule has 0 aliphatic carbocycles. The van der Waals surface area contributed by atoms with Crippen LogP contribution in [0.2, 0.25) is 0 Å².